The maximum absolute atomic E-state index is 11.7. The first-order chi connectivity index (χ1) is 15.1. The number of carbonyl (C=O) groups is 1. The Morgan fingerprint density at radius 3 is 2.77 bits per heavy atom. The molecule has 0 aliphatic carbocycles. The van der Waals surface area contributed by atoms with Crippen LogP contribution < -0.4 is 15.2 Å². The number of anilines is 2. The van der Waals surface area contributed by atoms with E-state index in [-0.39, 0.29) is 5.69 Å². The fourth-order valence-corrected chi connectivity index (χ4v) is 3.19. The van der Waals surface area contributed by atoms with Crippen molar-refractivity contribution in [3.63, 3.8) is 0 Å². The number of halogens is 1. The van der Waals surface area contributed by atoms with E-state index >= 15 is 0 Å². The molecule has 8 heteroatoms. The third-order valence-corrected chi connectivity index (χ3v) is 4.75. The molecule has 152 valence electrons. The van der Waals surface area contributed by atoms with Crippen LogP contribution in [0, 0.1) is 18.3 Å². The van der Waals surface area contributed by atoms with Gasteiger partial charge in [-0.25, -0.2) is 9.99 Å². The summed E-state index contributed by atoms with van der Waals surface area (Å²) in [6.45, 7) is 1.93. The van der Waals surface area contributed by atoms with Gasteiger partial charge in [0.2, 0.25) is 6.41 Å². The Bertz CT molecular complexity index is 1320. The van der Waals surface area contributed by atoms with Gasteiger partial charge in [-0.05, 0) is 55.5 Å². The van der Waals surface area contributed by atoms with Crippen LogP contribution in [0.4, 0.5) is 11.4 Å². The van der Waals surface area contributed by atoms with Crippen LogP contribution in [-0.2, 0) is 4.79 Å². The molecular formula is C23H16ClN5O2. The van der Waals surface area contributed by atoms with Gasteiger partial charge >= 0.3 is 0 Å². The molecule has 2 heterocycles. The summed E-state index contributed by atoms with van der Waals surface area (Å²) < 4.78 is 5.74. The van der Waals surface area contributed by atoms with E-state index in [9.17, 15) is 4.79 Å². The number of benzene rings is 2. The lowest BCUT2D eigenvalue weighted by molar-refractivity contribution is -0.107. The molecule has 0 bridgehead atoms. The molecule has 4 rings (SSSR count). The zero-order chi connectivity index (χ0) is 21.8. The number of ether oxygens (including phenoxy) is 1. The average molecular weight is 430 g/mol. The fraction of sp³-hybridized carbons (Fsp3) is 0.0435. The minimum absolute atomic E-state index is 0.245. The van der Waals surface area contributed by atoms with Crippen LogP contribution in [0.15, 0.2) is 66.9 Å². The molecule has 0 saturated heterocycles. The van der Waals surface area contributed by atoms with Crippen molar-refractivity contribution in [3.05, 3.63) is 83.3 Å². The number of hydrazine groups is 1. The minimum Gasteiger partial charge on any atom is -0.456 e. The summed E-state index contributed by atoms with van der Waals surface area (Å²) in [6.07, 6.45) is 2.17. The predicted octanol–water partition coefficient (Wildman–Crippen LogP) is 5.25. The lowest BCUT2D eigenvalue weighted by Crippen LogP contribution is -2.27. The number of hydrogen-bond acceptors (Lipinski definition) is 6. The Labute approximate surface area is 183 Å². The van der Waals surface area contributed by atoms with Crippen molar-refractivity contribution in [1.29, 1.82) is 5.26 Å². The van der Waals surface area contributed by atoms with Crippen molar-refractivity contribution in [3.8, 4) is 17.6 Å². The molecule has 0 fully saturated rings. The predicted molar refractivity (Wildman–Crippen MR) is 119 cm³/mol. The summed E-state index contributed by atoms with van der Waals surface area (Å²) in [5.41, 5.74) is 6.31. The first kappa shape index (κ1) is 20.1. The monoisotopic (exact) mass is 429 g/mol. The summed E-state index contributed by atoms with van der Waals surface area (Å²) in [5, 5.41) is 11.6. The molecule has 0 unspecified atom stereocenters. The Morgan fingerprint density at radius 2 is 2.00 bits per heavy atom. The number of nitrogens with zero attached hydrogens (tertiary/aromatic N) is 4. The maximum atomic E-state index is 11.7. The van der Waals surface area contributed by atoms with Gasteiger partial charge in [0.15, 0.2) is 0 Å². The van der Waals surface area contributed by atoms with Gasteiger partial charge in [-0.3, -0.25) is 15.2 Å². The van der Waals surface area contributed by atoms with Gasteiger partial charge in [-0.2, -0.15) is 5.26 Å². The summed E-state index contributed by atoms with van der Waals surface area (Å²) in [5.74, 6) is 0.857. The highest BCUT2D eigenvalue weighted by atomic mass is 35.5. The highest BCUT2D eigenvalue weighted by molar-refractivity contribution is 6.32. The van der Waals surface area contributed by atoms with E-state index in [2.05, 4.69) is 15.4 Å². The Hall–Kier alpha value is -4.15. The van der Waals surface area contributed by atoms with Crippen LogP contribution in [0.3, 0.4) is 0 Å². The summed E-state index contributed by atoms with van der Waals surface area (Å²) in [6, 6.07) is 19.6. The second kappa shape index (κ2) is 8.69. The van der Waals surface area contributed by atoms with Gasteiger partial charge in [0.05, 0.1) is 21.9 Å². The van der Waals surface area contributed by atoms with Crippen molar-refractivity contribution in [2.75, 3.05) is 10.4 Å². The van der Waals surface area contributed by atoms with E-state index in [1.54, 1.807) is 24.3 Å². The minimum atomic E-state index is 0.245. The van der Waals surface area contributed by atoms with Crippen molar-refractivity contribution in [2.24, 2.45) is 0 Å². The van der Waals surface area contributed by atoms with Crippen molar-refractivity contribution in [2.45, 2.75) is 6.92 Å². The van der Waals surface area contributed by atoms with Crippen LogP contribution in [0.1, 0.15) is 11.4 Å². The molecule has 2 aromatic heterocycles. The highest BCUT2D eigenvalue weighted by Gasteiger charge is 2.10. The molecule has 0 radical (unpaired) electrons. The summed E-state index contributed by atoms with van der Waals surface area (Å²) in [7, 11) is 0. The van der Waals surface area contributed by atoms with E-state index in [4.69, 9.17) is 21.6 Å². The quantitative estimate of drug-likeness (QED) is 0.332. The molecule has 2 aromatic carbocycles. The number of carbonyl (C=O) groups excluding carboxylic acids is 1. The topological polar surface area (TPSA) is 91.1 Å². The molecular weight excluding hydrogens is 414 g/mol. The lowest BCUT2D eigenvalue weighted by atomic mass is 10.2. The van der Waals surface area contributed by atoms with Gasteiger partial charge in [0, 0.05) is 23.3 Å². The van der Waals surface area contributed by atoms with E-state index in [1.165, 1.54) is 17.3 Å². The summed E-state index contributed by atoms with van der Waals surface area (Å²) in [4.78, 5) is 20.1. The van der Waals surface area contributed by atoms with Crippen LogP contribution in [0.5, 0.6) is 11.5 Å². The number of fused-ring (bicyclic) bond motifs is 1. The standard InChI is InChI=1S/C23H16ClN5O2/c1-15-2-3-16-10-19(5-6-22(16)27-15)29(14-30)28-17-4-7-23(21(24)12-17)31-20-8-9-26-18(11-20)13-25/h2-12,14,28H,1H3. The fourth-order valence-electron chi connectivity index (χ4n) is 2.97. The summed E-state index contributed by atoms with van der Waals surface area (Å²) >= 11 is 6.36. The van der Waals surface area contributed by atoms with Crippen LogP contribution >= 0.6 is 11.6 Å². The van der Waals surface area contributed by atoms with E-state index in [0.717, 1.165) is 16.6 Å². The third-order valence-electron chi connectivity index (χ3n) is 4.45. The second-order valence-electron chi connectivity index (χ2n) is 6.65. The number of nitriles is 1. The largest absolute Gasteiger partial charge is 0.456 e. The highest BCUT2D eigenvalue weighted by Crippen LogP contribution is 2.32. The second-order valence-corrected chi connectivity index (χ2v) is 7.06. The normalized spacial score (nSPS) is 10.4. The number of aromatic nitrogens is 2. The molecule has 0 spiro atoms. The Morgan fingerprint density at radius 1 is 1.13 bits per heavy atom. The first-order valence-electron chi connectivity index (χ1n) is 9.28. The van der Waals surface area contributed by atoms with Gasteiger partial charge in [-0.1, -0.05) is 17.7 Å². The molecule has 1 amide bonds. The van der Waals surface area contributed by atoms with E-state index in [0.29, 0.717) is 34.3 Å². The zero-order valence-electron chi connectivity index (χ0n) is 16.4. The Balaban J connectivity index is 1.54. The lowest BCUT2D eigenvalue weighted by Gasteiger charge is -2.20. The van der Waals surface area contributed by atoms with Gasteiger partial charge in [0.25, 0.3) is 0 Å². The zero-order valence-corrected chi connectivity index (χ0v) is 17.2. The number of aryl methyl sites for hydroxylation is 1. The molecule has 1 N–H and O–H groups in total. The number of rotatable bonds is 6. The van der Waals surface area contributed by atoms with Gasteiger partial charge in [0.1, 0.15) is 23.3 Å². The molecule has 0 aliphatic heterocycles. The number of pyridine rings is 2. The number of amides is 1. The third kappa shape index (κ3) is 4.55. The molecule has 0 aliphatic rings. The van der Waals surface area contributed by atoms with Gasteiger partial charge < -0.3 is 4.74 Å². The van der Waals surface area contributed by atoms with Crippen molar-refractivity contribution in [1.82, 2.24) is 9.97 Å². The molecule has 4 aromatic rings. The smallest absolute Gasteiger partial charge is 0.232 e. The maximum Gasteiger partial charge on any atom is 0.232 e. The van der Waals surface area contributed by atoms with Crippen LogP contribution in [0.2, 0.25) is 5.02 Å². The number of nitrogens with one attached hydrogen (secondary N) is 1. The van der Waals surface area contributed by atoms with Crippen molar-refractivity contribution >= 4 is 40.3 Å². The molecule has 0 saturated carbocycles. The molecule has 0 atom stereocenters. The van der Waals surface area contributed by atoms with Crippen LogP contribution in [-0.4, -0.2) is 16.4 Å². The average Bonchev–Trinajstić information content (AvgIpc) is 2.79. The van der Waals surface area contributed by atoms with E-state index in [1.807, 2.05) is 43.3 Å². The van der Waals surface area contributed by atoms with Crippen LogP contribution in [0.25, 0.3) is 10.9 Å². The van der Waals surface area contributed by atoms with E-state index < -0.39 is 0 Å². The Kier molecular flexibility index (Phi) is 5.65. The van der Waals surface area contributed by atoms with Crippen molar-refractivity contribution < 1.29 is 9.53 Å². The van der Waals surface area contributed by atoms with Gasteiger partial charge in [-0.15, -0.1) is 0 Å². The first-order valence-corrected chi connectivity index (χ1v) is 9.66. The SMILES string of the molecule is Cc1ccc2cc(N(C=O)Nc3ccc(Oc4ccnc(C#N)c4)c(Cl)c3)ccc2n1. The molecule has 7 nitrogen and oxygen atoms in total. The number of hydrogen-bond donors (Lipinski definition) is 1. The molecule has 31 heavy (non-hydrogen) atoms.